The molecule has 42 heavy (non-hydrogen) atoms. The Morgan fingerprint density at radius 3 is 1.64 bits per heavy atom. The average molecular weight is 615 g/mol. The van der Waals surface area contributed by atoms with Crippen LogP contribution in [0, 0.1) is 0 Å². The number of hydrogen-bond donors (Lipinski definition) is 8. The molecule has 12 atom stereocenters. The number of ether oxygens (including phenoxy) is 6. The van der Waals surface area contributed by atoms with Crippen LogP contribution in [0.2, 0.25) is 0 Å². The Morgan fingerprint density at radius 1 is 0.571 bits per heavy atom. The maximum absolute atomic E-state index is 10.6. The lowest BCUT2D eigenvalue weighted by atomic mass is 9.99. The molecule has 8 N–H and O–H groups in total. The number of aliphatic hydroxyl groups is 8. The van der Waals surface area contributed by atoms with Crippen molar-refractivity contribution in [3.8, 4) is 0 Å². The minimum Gasteiger partial charge on any atom is -0.394 e. The molecule has 2 aliphatic heterocycles. The molecule has 14 nitrogen and oxygen atoms in total. The molecule has 2 saturated heterocycles. The Kier molecular flexibility index (Phi) is 18.3. The van der Waals surface area contributed by atoms with Crippen molar-refractivity contribution < 1.29 is 69.3 Å². The summed E-state index contributed by atoms with van der Waals surface area (Å²) in [5, 5.41) is 80.8. The number of aliphatic hydroxyl groups excluding tert-OH is 8. The normalized spacial score (nSPS) is 35.3. The lowest BCUT2D eigenvalue weighted by molar-refractivity contribution is -0.329. The predicted octanol–water partition coefficient (Wildman–Crippen LogP) is -1.45. The van der Waals surface area contributed by atoms with Gasteiger partial charge in [0.05, 0.1) is 26.4 Å². The van der Waals surface area contributed by atoms with E-state index < -0.39 is 86.8 Å². The minimum atomic E-state index is -1.65. The van der Waals surface area contributed by atoms with Gasteiger partial charge in [-0.1, -0.05) is 52.4 Å². The summed E-state index contributed by atoms with van der Waals surface area (Å²) in [7, 11) is 0. The molecule has 14 heteroatoms. The highest BCUT2D eigenvalue weighted by molar-refractivity contribution is 4.91. The third kappa shape index (κ3) is 11.4. The topological polar surface area (TPSA) is 217 Å². The monoisotopic (exact) mass is 614 g/mol. The lowest BCUT2D eigenvalue weighted by Gasteiger charge is -2.42. The molecule has 0 aliphatic carbocycles. The second kappa shape index (κ2) is 20.5. The fraction of sp³-hybridized carbons (Fsp3) is 1.00. The van der Waals surface area contributed by atoms with E-state index in [1.54, 1.807) is 0 Å². The fourth-order valence-corrected chi connectivity index (χ4v) is 4.84. The molecule has 0 radical (unpaired) electrons. The zero-order valence-corrected chi connectivity index (χ0v) is 24.9. The molecule has 2 rings (SSSR count). The van der Waals surface area contributed by atoms with E-state index in [1.165, 1.54) is 0 Å². The van der Waals surface area contributed by atoms with Crippen molar-refractivity contribution >= 4 is 0 Å². The van der Waals surface area contributed by atoms with Crippen molar-refractivity contribution in [3.05, 3.63) is 0 Å². The summed E-state index contributed by atoms with van der Waals surface area (Å²) >= 11 is 0. The van der Waals surface area contributed by atoms with Crippen LogP contribution in [0.3, 0.4) is 0 Å². The molecule has 0 aromatic heterocycles. The van der Waals surface area contributed by atoms with Gasteiger partial charge in [-0.2, -0.15) is 0 Å². The summed E-state index contributed by atoms with van der Waals surface area (Å²) in [6.07, 6.45) is -9.06. The summed E-state index contributed by atoms with van der Waals surface area (Å²) in [5.74, 6) is 0. The highest BCUT2D eigenvalue weighted by atomic mass is 16.7. The maximum atomic E-state index is 10.6. The van der Waals surface area contributed by atoms with Crippen molar-refractivity contribution in [1.29, 1.82) is 0 Å². The van der Waals surface area contributed by atoms with Crippen LogP contribution in [-0.4, -0.2) is 154 Å². The minimum absolute atomic E-state index is 0.0290. The van der Waals surface area contributed by atoms with Crippen LogP contribution in [0.1, 0.15) is 65.2 Å². The average Bonchev–Trinajstić information content (AvgIpc) is 2.99. The highest BCUT2D eigenvalue weighted by Gasteiger charge is 2.47. The fourth-order valence-electron chi connectivity index (χ4n) is 4.84. The molecule has 0 bridgehead atoms. The van der Waals surface area contributed by atoms with Gasteiger partial charge in [0.25, 0.3) is 0 Å². The van der Waals surface area contributed by atoms with E-state index in [0.29, 0.717) is 13.2 Å². The molecule has 0 amide bonds. The van der Waals surface area contributed by atoms with E-state index in [0.717, 1.165) is 51.4 Å². The Hall–Kier alpha value is -0.560. The third-order valence-corrected chi connectivity index (χ3v) is 7.60. The molecule has 2 aliphatic rings. The van der Waals surface area contributed by atoms with Crippen LogP contribution in [0.15, 0.2) is 0 Å². The molecule has 0 saturated carbocycles. The van der Waals surface area contributed by atoms with E-state index >= 15 is 0 Å². The Labute approximate surface area is 248 Å². The second-order valence-electron chi connectivity index (χ2n) is 11.0. The quantitative estimate of drug-likeness (QED) is 0.0694. The summed E-state index contributed by atoms with van der Waals surface area (Å²) in [6, 6.07) is 0. The molecule has 2 fully saturated rings. The smallest absolute Gasteiger partial charge is 0.187 e. The van der Waals surface area contributed by atoms with Crippen LogP contribution in [0.25, 0.3) is 0 Å². The van der Waals surface area contributed by atoms with Gasteiger partial charge in [-0.3, -0.25) is 0 Å². The second-order valence-corrected chi connectivity index (χ2v) is 11.0. The first-order chi connectivity index (χ1) is 20.2. The largest absolute Gasteiger partial charge is 0.394 e. The van der Waals surface area contributed by atoms with Gasteiger partial charge in [0.1, 0.15) is 61.0 Å². The van der Waals surface area contributed by atoms with Crippen LogP contribution in [-0.2, 0) is 28.4 Å². The SMILES string of the molecule is CCCCCCOC[C@@H](O[C@@H]1O[C@H](CO)[C@@H](O)[C@H](O)[C@H]1O)[C@@H](CO[C@@H]1O[C@H](CO)[C@@H](O)[C@H](O)[C@H]1O)OCCCCCC. The van der Waals surface area contributed by atoms with Gasteiger partial charge in [-0.15, -0.1) is 0 Å². The first-order valence-electron chi connectivity index (χ1n) is 15.3. The van der Waals surface area contributed by atoms with Gasteiger partial charge in [0.2, 0.25) is 0 Å². The van der Waals surface area contributed by atoms with Crippen molar-refractivity contribution in [2.75, 3.05) is 39.6 Å². The molecular weight excluding hydrogens is 560 g/mol. The maximum Gasteiger partial charge on any atom is 0.187 e. The first kappa shape index (κ1) is 37.6. The van der Waals surface area contributed by atoms with Gasteiger partial charge in [0, 0.05) is 13.2 Å². The van der Waals surface area contributed by atoms with E-state index in [9.17, 15) is 40.9 Å². The zero-order chi connectivity index (χ0) is 31.1. The molecular formula is C28H54O14. The Balaban J connectivity index is 2.19. The van der Waals surface area contributed by atoms with E-state index in [2.05, 4.69) is 13.8 Å². The van der Waals surface area contributed by atoms with Crippen molar-refractivity contribution in [2.24, 2.45) is 0 Å². The van der Waals surface area contributed by atoms with Gasteiger partial charge in [0.15, 0.2) is 12.6 Å². The van der Waals surface area contributed by atoms with Gasteiger partial charge in [-0.25, -0.2) is 0 Å². The van der Waals surface area contributed by atoms with Gasteiger partial charge in [-0.05, 0) is 12.8 Å². The number of rotatable bonds is 21. The zero-order valence-electron chi connectivity index (χ0n) is 24.9. The predicted molar refractivity (Wildman–Crippen MR) is 147 cm³/mol. The van der Waals surface area contributed by atoms with Crippen LogP contribution >= 0.6 is 0 Å². The molecule has 0 aromatic rings. The third-order valence-electron chi connectivity index (χ3n) is 7.60. The number of hydrogen-bond acceptors (Lipinski definition) is 14. The summed E-state index contributed by atoms with van der Waals surface area (Å²) < 4.78 is 34.9. The van der Waals surface area contributed by atoms with Crippen molar-refractivity contribution in [1.82, 2.24) is 0 Å². The number of unbranched alkanes of at least 4 members (excludes halogenated alkanes) is 6. The van der Waals surface area contributed by atoms with Crippen molar-refractivity contribution in [3.63, 3.8) is 0 Å². The molecule has 0 aromatic carbocycles. The Bertz CT molecular complexity index is 685. The van der Waals surface area contributed by atoms with Crippen LogP contribution in [0.4, 0.5) is 0 Å². The standard InChI is InChI=1S/C28H54O14/c1-3-5-7-9-11-37-15-20(42-28-26(36)24(34)22(32)18(14-30)41-28)19(38-12-10-8-6-4-2)16-39-27-25(35)23(33)21(31)17(13-29)40-27/h17-36H,3-16H2,1-2H3/t17-,18-,19-,20-,21-,22-,23+,24+,25-,26-,27-,28+/m1/s1. The van der Waals surface area contributed by atoms with Gasteiger partial charge >= 0.3 is 0 Å². The summed E-state index contributed by atoms with van der Waals surface area (Å²) in [4.78, 5) is 0. The van der Waals surface area contributed by atoms with E-state index in [4.69, 9.17) is 28.4 Å². The molecule has 250 valence electrons. The van der Waals surface area contributed by atoms with Gasteiger partial charge < -0.3 is 69.3 Å². The van der Waals surface area contributed by atoms with E-state index in [1.807, 2.05) is 0 Å². The van der Waals surface area contributed by atoms with E-state index in [-0.39, 0.29) is 13.2 Å². The molecule has 2 heterocycles. The summed E-state index contributed by atoms with van der Waals surface area (Å²) in [5.41, 5.74) is 0. The van der Waals surface area contributed by atoms with Crippen LogP contribution in [0.5, 0.6) is 0 Å². The highest BCUT2D eigenvalue weighted by Crippen LogP contribution is 2.26. The summed E-state index contributed by atoms with van der Waals surface area (Å²) in [6.45, 7) is 3.40. The molecule has 0 unspecified atom stereocenters. The lowest BCUT2D eigenvalue weighted by Crippen LogP contribution is -2.61. The first-order valence-corrected chi connectivity index (χ1v) is 15.3. The van der Waals surface area contributed by atoms with Crippen LogP contribution < -0.4 is 0 Å². The van der Waals surface area contributed by atoms with Crippen molar-refractivity contribution in [2.45, 2.75) is 139 Å². The Morgan fingerprint density at radius 2 is 1.10 bits per heavy atom. The molecule has 0 spiro atoms.